The summed E-state index contributed by atoms with van der Waals surface area (Å²) in [6, 6.07) is 6.99. The highest BCUT2D eigenvalue weighted by Crippen LogP contribution is 2.08. The molecule has 3 aromatic rings. The summed E-state index contributed by atoms with van der Waals surface area (Å²) < 4.78 is 19.2. The quantitative estimate of drug-likeness (QED) is 0.758. The van der Waals surface area contributed by atoms with Crippen LogP contribution in [-0.4, -0.2) is 9.55 Å². The van der Waals surface area contributed by atoms with Crippen molar-refractivity contribution in [3.05, 3.63) is 69.0 Å². The monoisotopic (exact) mass is 260 g/mol. The molecule has 0 aliphatic heterocycles. The van der Waals surface area contributed by atoms with Crippen LogP contribution in [0.2, 0.25) is 0 Å². The number of hydrogen-bond donors (Lipinski definition) is 1. The molecule has 0 amide bonds. The molecule has 3 rings (SSSR count). The molecule has 6 heteroatoms. The topological polar surface area (TPSA) is 68.0 Å². The maximum Gasteiger partial charge on any atom is 0.329 e. The molecule has 19 heavy (non-hydrogen) atoms. The molecule has 0 atom stereocenters. The number of H-pyrrole nitrogens is 1. The van der Waals surface area contributed by atoms with Gasteiger partial charge in [-0.2, -0.15) is 0 Å². The van der Waals surface area contributed by atoms with Crippen LogP contribution in [-0.2, 0) is 6.54 Å². The minimum atomic E-state index is -0.598. The van der Waals surface area contributed by atoms with Gasteiger partial charge in [0.2, 0.25) is 0 Å². The van der Waals surface area contributed by atoms with Crippen LogP contribution in [0.1, 0.15) is 5.76 Å². The lowest BCUT2D eigenvalue weighted by Gasteiger charge is -2.04. The lowest BCUT2D eigenvalue weighted by Crippen LogP contribution is -2.35. The van der Waals surface area contributed by atoms with Gasteiger partial charge in [0.05, 0.1) is 23.7 Å². The molecule has 5 nitrogen and oxygen atoms in total. The van der Waals surface area contributed by atoms with Gasteiger partial charge in [-0.1, -0.05) is 0 Å². The maximum atomic E-state index is 13.1. The van der Waals surface area contributed by atoms with E-state index >= 15 is 0 Å². The number of nitrogens with zero attached hydrogens (tertiary/aromatic N) is 1. The Labute approximate surface area is 105 Å². The van der Waals surface area contributed by atoms with E-state index in [1.165, 1.54) is 18.4 Å². The number of rotatable bonds is 2. The highest BCUT2D eigenvalue weighted by molar-refractivity contribution is 5.77. The Hall–Kier alpha value is -2.63. The third-order valence-corrected chi connectivity index (χ3v) is 2.84. The number of aromatic amines is 1. The van der Waals surface area contributed by atoms with Gasteiger partial charge >= 0.3 is 5.69 Å². The van der Waals surface area contributed by atoms with Crippen molar-refractivity contribution < 1.29 is 8.81 Å². The van der Waals surface area contributed by atoms with Crippen LogP contribution < -0.4 is 11.2 Å². The second kappa shape index (κ2) is 4.24. The lowest BCUT2D eigenvalue weighted by molar-refractivity contribution is 0.484. The van der Waals surface area contributed by atoms with Crippen molar-refractivity contribution in [1.29, 1.82) is 0 Å². The minimum Gasteiger partial charge on any atom is -0.467 e. The van der Waals surface area contributed by atoms with Crippen molar-refractivity contribution in [3.8, 4) is 0 Å². The Morgan fingerprint density at radius 1 is 1.26 bits per heavy atom. The first-order valence-electron chi connectivity index (χ1n) is 5.60. The summed E-state index contributed by atoms with van der Waals surface area (Å²) in [5.74, 6) is -0.0135. The number of nitrogens with one attached hydrogen (secondary N) is 1. The van der Waals surface area contributed by atoms with Crippen molar-refractivity contribution in [2.45, 2.75) is 6.54 Å². The van der Waals surface area contributed by atoms with Crippen LogP contribution >= 0.6 is 0 Å². The number of benzene rings is 1. The third kappa shape index (κ3) is 1.97. The molecule has 0 aliphatic rings. The van der Waals surface area contributed by atoms with Crippen molar-refractivity contribution in [2.24, 2.45) is 0 Å². The standard InChI is InChI=1S/C13H9FN2O3/c14-8-3-4-10-11(6-8)15-13(18)16(12(10)17)7-9-2-1-5-19-9/h1-6H,7H2,(H,15,18). The summed E-state index contributed by atoms with van der Waals surface area (Å²) >= 11 is 0. The van der Waals surface area contributed by atoms with E-state index in [9.17, 15) is 14.0 Å². The summed E-state index contributed by atoms with van der Waals surface area (Å²) in [6.07, 6.45) is 1.46. The first-order chi connectivity index (χ1) is 9.15. The SMILES string of the molecule is O=c1[nH]c2cc(F)ccc2c(=O)n1Cc1ccco1. The Kier molecular flexibility index (Phi) is 2.56. The molecule has 0 fully saturated rings. The molecular weight excluding hydrogens is 251 g/mol. The van der Waals surface area contributed by atoms with Gasteiger partial charge in [0.25, 0.3) is 5.56 Å². The Bertz CT molecular complexity index is 846. The van der Waals surface area contributed by atoms with Crippen LogP contribution in [0.4, 0.5) is 4.39 Å². The van der Waals surface area contributed by atoms with Gasteiger partial charge in [-0.05, 0) is 30.3 Å². The molecular formula is C13H9FN2O3. The molecule has 0 radical (unpaired) electrons. The summed E-state index contributed by atoms with van der Waals surface area (Å²) in [7, 11) is 0. The number of furan rings is 1. The van der Waals surface area contributed by atoms with Crippen LogP contribution in [0, 0.1) is 5.82 Å². The van der Waals surface area contributed by atoms with Crippen LogP contribution in [0.5, 0.6) is 0 Å². The van der Waals surface area contributed by atoms with Crippen molar-refractivity contribution in [2.75, 3.05) is 0 Å². The van der Waals surface area contributed by atoms with E-state index in [1.54, 1.807) is 12.1 Å². The zero-order valence-electron chi connectivity index (χ0n) is 9.72. The molecule has 1 N–H and O–H groups in total. The highest BCUT2D eigenvalue weighted by atomic mass is 19.1. The normalized spacial score (nSPS) is 11.0. The molecule has 0 spiro atoms. The van der Waals surface area contributed by atoms with E-state index < -0.39 is 17.1 Å². The van der Waals surface area contributed by atoms with Crippen molar-refractivity contribution in [3.63, 3.8) is 0 Å². The van der Waals surface area contributed by atoms with Gasteiger partial charge < -0.3 is 9.40 Å². The number of fused-ring (bicyclic) bond motifs is 1. The molecule has 96 valence electrons. The van der Waals surface area contributed by atoms with Crippen LogP contribution in [0.25, 0.3) is 10.9 Å². The fourth-order valence-electron chi connectivity index (χ4n) is 1.93. The molecule has 1 aromatic carbocycles. The Balaban J connectivity index is 2.23. The molecule has 0 bridgehead atoms. The summed E-state index contributed by atoms with van der Waals surface area (Å²) in [5, 5.41) is 0.257. The predicted octanol–water partition coefficient (Wildman–Crippen LogP) is 1.47. The highest BCUT2D eigenvalue weighted by Gasteiger charge is 2.09. The van der Waals surface area contributed by atoms with Gasteiger partial charge in [0.1, 0.15) is 11.6 Å². The van der Waals surface area contributed by atoms with Gasteiger partial charge in [-0.15, -0.1) is 0 Å². The molecule has 2 aromatic heterocycles. The molecule has 0 saturated carbocycles. The maximum absolute atomic E-state index is 13.1. The Morgan fingerprint density at radius 2 is 2.11 bits per heavy atom. The van der Waals surface area contributed by atoms with E-state index in [4.69, 9.17) is 4.42 Å². The predicted molar refractivity (Wildman–Crippen MR) is 66.6 cm³/mol. The van der Waals surface area contributed by atoms with Crippen molar-refractivity contribution in [1.82, 2.24) is 9.55 Å². The van der Waals surface area contributed by atoms with Crippen LogP contribution in [0.3, 0.4) is 0 Å². The van der Waals surface area contributed by atoms with E-state index in [1.807, 2.05) is 0 Å². The Morgan fingerprint density at radius 3 is 2.84 bits per heavy atom. The molecule has 2 heterocycles. The van der Waals surface area contributed by atoms with Gasteiger partial charge in [0, 0.05) is 0 Å². The van der Waals surface area contributed by atoms with E-state index in [0.717, 1.165) is 10.6 Å². The summed E-state index contributed by atoms with van der Waals surface area (Å²) in [4.78, 5) is 26.5. The smallest absolute Gasteiger partial charge is 0.329 e. The van der Waals surface area contributed by atoms with Gasteiger partial charge in [-0.3, -0.25) is 9.36 Å². The average Bonchev–Trinajstić information content (AvgIpc) is 2.87. The molecule has 0 aliphatic carbocycles. The first kappa shape index (κ1) is 11.5. The number of aromatic nitrogens is 2. The van der Waals surface area contributed by atoms with Crippen molar-refractivity contribution >= 4 is 10.9 Å². The van der Waals surface area contributed by atoms with E-state index in [2.05, 4.69) is 4.98 Å². The minimum absolute atomic E-state index is 0.0362. The second-order valence-electron chi connectivity index (χ2n) is 4.09. The van der Waals surface area contributed by atoms with E-state index in [0.29, 0.717) is 5.76 Å². The van der Waals surface area contributed by atoms with Gasteiger partial charge in [0.15, 0.2) is 0 Å². The van der Waals surface area contributed by atoms with Gasteiger partial charge in [-0.25, -0.2) is 9.18 Å². The second-order valence-corrected chi connectivity index (χ2v) is 4.09. The largest absolute Gasteiger partial charge is 0.467 e. The number of halogens is 1. The first-order valence-corrected chi connectivity index (χ1v) is 5.60. The third-order valence-electron chi connectivity index (χ3n) is 2.84. The fourth-order valence-corrected chi connectivity index (χ4v) is 1.93. The molecule has 0 unspecified atom stereocenters. The summed E-state index contributed by atoms with van der Waals surface area (Å²) in [5.41, 5.74) is -0.889. The summed E-state index contributed by atoms with van der Waals surface area (Å²) in [6.45, 7) is 0.0362. The zero-order chi connectivity index (χ0) is 13.4. The fraction of sp³-hybridized carbons (Fsp3) is 0.0769. The average molecular weight is 260 g/mol. The van der Waals surface area contributed by atoms with Crippen LogP contribution in [0.15, 0.2) is 50.6 Å². The number of hydrogen-bond acceptors (Lipinski definition) is 3. The van der Waals surface area contributed by atoms with E-state index in [-0.39, 0.29) is 17.4 Å². The molecule has 0 saturated heterocycles. The zero-order valence-corrected chi connectivity index (χ0v) is 9.72. The lowest BCUT2D eigenvalue weighted by atomic mass is 10.2.